The van der Waals surface area contributed by atoms with Crippen molar-refractivity contribution in [3.63, 3.8) is 0 Å². The molecule has 24 heavy (non-hydrogen) atoms. The van der Waals surface area contributed by atoms with E-state index < -0.39 is 0 Å². The number of hydrogen-bond acceptors (Lipinski definition) is 3. The Labute approximate surface area is 142 Å². The molecule has 0 bridgehead atoms. The molecule has 0 heterocycles. The van der Waals surface area contributed by atoms with Gasteiger partial charge in [-0.1, -0.05) is 35.9 Å². The van der Waals surface area contributed by atoms with Crippen molar-refractivity contribution in [2.45, 2.75) is 20.4 Å². The average molecular weight is 326 g/mol. The molecule has 5 nitrogen and oxygen atoms in total. The van der Waals surface area contributed by atoms with Crippen LogP contribution >= 0.6 is 0 Å². The van der Waals surface area contributed by atoms with Crippen LogP contribution in [0.25, 0.3) is 0 Å². The molecule has 0 aliphatic rings. The summed E-state index contributed by atoms with van der Waals surface area (Å²) in [6.07, 6.45) is 0. The lowest BCUT2D eigenvalue weighted by Crippen LogP contribution is -2.39. The molecule has 5 heteroatoms. The van der Waals surface area contributed by atoms with Crippen LogP contribution in [0.3, 0.4) is 0 Å². The molecule has 0 saturated carbocycles. The number of carbonyl (C=O) groups excluding carboxylic acids is 2. The van der Waals surface area contributed by atoms with Crippen molar-refractivity contribution in [2.24, 2.45) is 0 Å². The predicted molar refractivity (Wildman–Crippen MR) is 94.0 cm³/mol. The highest BCUT2D eigenvalue weighted by Crippen LogP contribution is 2.21. The van der Waals surface area contributed by atoms with Gasteiger partial charge in [-0.15, -0.1) is 0 Å². The number of anilines is 1. The molecule has 2 amide bonds. The van der Waals surface area contributed by atoms with E-state index in [0.717, 1.165) is 11.1 Å². The molecule has 0 radical (unpaired) electrons. The largest absolute Gasteiger partial charge is 0.497 e. The lowest BCUT2D eigenvalue weighted by atomic mass is 10.1. The van der Waals surface area contributed by atoms with E-state index in [1.807, 2.05) is 31.2 Å². The van der Waals surface area contributed by atoms with Gasteiger partial charge in [-0.2, -0.15) is 0 Å². The zero-order chi connectivity index (χ0) is 17.5. The van der Waals surface area contributed by atoms with Crippen molar-refractivity contribution in [3.8, 4) is 5.75 Å². The Hall–Kier alpha value is -2.82. The number of methoxy groups -OCH3 is 1. The second kappa shape index (κ2) is 8.15. The quantitative estimate of drug-likeness (QED) is 0.888. The number of ether oxygens (including phenoxy) is 1. The molecule has 0 saturated heterocycles. The first-order valence-electron chi connectivity index (χ1n) is 7.74. The van der Waals surface area contributed by atoms with Gasteiger partial charge in [0.15, 0.2) is 0 Å². The highest BCUT2D eigenvalue weighted by atomic mass is 16.5. The lowest BCUT2D eigenvalue weighted by molar-refractivity contribution is -0.123. The number of benzene rings is 2. The second-order valence-corrected chi connectivity index (χ2v) is 5.57. The van der Waals surface area contributed by atoms with Gasteiger partial charge in [0.25, 0.3) is 0 Å². The molecule has 0 unspecified atom stereocenters. The van der Waals surface area contributed by atoms with Gasteiger partial charge in [-0.05, 0) is 24.6 Å². The molecule has 0 spiro atoms. The van der Waals surface area contributed by atoms with E-state index in [1.54, 1.807) is 31.4 Å². The SMILES string of the molecule is COc1cccc(N(CC(=O)NCc2cccc(C)c2)C(C)=O)c1. The van der Waals surface area contributed by atoms with E-state index >= 15 is 0 Å². The van der Waals surface area contributed by atoms with Crippen molar-refractivity contribution < 1.29 is 14.3 Å². The summed E-state index contributed by atoms with van der Waals surface area (Å²) in [5, 5.41) is 2.85. The summed E-state index contributed by atoms with van der Waals surface area (Å²) < 4.78 is 5.17. The third kappa shape index (κ3) is 4.84. The number of carbonyl (C=O) groups is 2. The maximum atomic E-state index is 12.2. The number of nitrogens with zero attached hydrogens (tertiary/aromatic N) is 1. The minimum Gasteiger partial charge on any atom is -0.497 e. The Balaban J connectivity index is 2.02. The Morgan fingerprint density at radius 3 is 2.54 bits per heavy atom. The fraction of sp³-hybridized carbons (Fsp3) is 0.263. The van der Waals surface area contributed by atoms with E-state index in [2.05, 4.69) is 5.32 Å². The topological polar surface area (TPSA) is 58.6 Å². The van der Waals surface area contributed by atoms with Crippen molar-refractivity contribution in [3.05, 3.63) is 59.7 Å². The van der Waals surface area contributed by atoms with Gasteiger partial charge in [0, 0.05) is 25.2 Å². The summed E-state index contributed by atoms with van der Waals surface area (Å²) in [4.78, 5) is 25.5. The van der Waals surface area contributed by atoms with Crippen molar-refractivity contribution >= 4 is 17.5 Å². The number of amides is 2. The van der Waals surface area contributed by atoms with Crippen molar-refractivity contribution in [1.29, 1.82) is 0 Å². The third-order valence-electron chi connectivity index (χ3n) is 3.62. The highest BCUT2D eigenvalue weighted by Gasteiger charge is 2.16. The Morgan fingerprint density at radius 1 is 1.12 bits per heavy atom. The maximum Gasteiger partial charge on any atom is 0.240 e. The molecule has 0 aromatic heterocycles. The van der Waals surface area contributed by atoms with Crippen molar-refractivity contribution in [1.82, 2.24) is 5.32 Å². The van der Waals surface area contributed by atoms with Gasteiger partial charge in [-0.3, -0.25) is 9.59 Å². The van der Waals surface area contributed by atoms with Gasteiger partial charge in [0.05, 0.1) is 7.11 Å². The summed E-state index contributed by atoms with van der Waals surface area (Å²) in [5.74, 6) is 0.224. The maximum absolute atomic E-state index is 12.2. The minimum absolute atomic E-state index is 0.0334. The summed E-state index contributed by atoms with van der Waals surface area (Å²) in [6, 6.07) is 15.0. The first-order chi connectivity index (χ1) is 11.5. The summed E-state index contributed by atoms with van der Waals surface area (Å²) in [6.45, 7) is 3.84. The van der Waals surface area contributed by atoms with Crippen LogP contribution in [0.2, 0.25) is 0 Å². The van der Waals surface area contributed by atoms with Crippen molar-refractivity contribution in [2.75, 3.05) is 18.6 Å². The Morgan fingerprint density at radius 2 is 1.88 bits per heavy atom. The number of hydrogen-bond donors (Lipinski definition) is 1. The number of aryl methyl sites for hydroxylation is 1. The van der Waals surface area contributed by atoms with Gasteiger partial charge in [-0.25, -0.2) is 0 Å². The van der Waals surface area contributed by atoms with Gasteiger partial charge < -0.3 is 15.0 Å². The molecule has 0 aliphatic heterocycles. The standard InChI is InChI=1S/C19H22N2O3/c1-14-6-4-7-16(10-14)12-20-19(23)13-21(15(2)22)17-8-5-9-18(11-17)24-3/h4-11H,12-13H2,1-3H3,(H,20,23). The first-order valence-corrected chi connectivity index (χ1v) is 7.74. The van der Waals surface area contributed by atoms with E-state index in [4.69, 9.17) is 4.74 Å². The monoisotopic (exact) mass is 326 g/mol. The van der Waals surface area contributed by atoms with E-state index in [0.29, 0.717) is 18.0 Å². The Bertz CT molecular complexity index is 728. The first kappa shape index (κ1) is 17.5. The molecular formula is C19H22N2O3. The minimum atomic E-state index is -0.213. The molecule has 2 rings (SSSR count). The normalized spacial score (nSPS) is 10.1. The molecule has 0 atom stereocenters. The van der Waals surface area contributed by atoms with Gasteiger partial charge in [0.2, 0.25) is 11.8 Å². The van der Waals surface area contributed by atoms with Crippen LogP contribution in [0.5, 0.6) is 5.75 Å². The molecule has 2 aromatic carbocycles. The predicted octanol–water partition coefficient (Wildman–Crippen LogP) is 2.67. The fourth-order valence-corrected chi connectivity index (χ4v) is 2.39. The fourth-order valence-electron chi connectivity index (χ4n) is 2.39. The molecule has 0 fully saturated rings. The van der Waals surface area contributed by atoms with Crippen LogP contribution in [0.15, 0.2) is 48.5 Å². The summed E-state index contributed by atoms with van der Waals surface area (Å²) >= 11 is 0. The molecule has 126 valence electrons. The summed E-state index contributed by atoms with van der Waals surface area (Å²) in [7, 11) is 1.56. The zero-order valence-corrected chi connectivity index (χ0v) is 14.2. The van der Waals surface area contributed by atoms with Gasteiger partial charge >= 0.3 is 0 Å². The zero-order valence-electron chi connectivity index (χ0n) is 14.2. The molecule has 1 N–H and O–H groups in total. The second-order valence-electron chi connectivity index (χ2n) is 5.57. The average Bonchev–Trinajstić information content (AvgIpc) is 2.57. The Kier molecular flexibility index (Phi) is 5.95. The van der Waals surface area contributed by atoms with Crippen LogP contribution < -0.4 is 15.0 Å². The van der Waals surface area contributed by atoms with E-state index in [9.17, 15) is 9.59 Å². The van der Waals surface area contributed by atoms with Crippen LogP contribution in [-0.4, -0.2) is 25.5 Å². The van der Waals surface area contributed by atoms with Crippen LogP contribution in [-0.2, 0) is 16.1 Å². The van der Waals surface area contributed by atoms with E-state index in [-0.39, 0.29) is 18.4 Å². The molecule has 2 aromatic rings. The van der Waals surface area contributed by atoms with Crippen LogP contribution in [0.1, 0.15) is 18.1 Å². The lowest BCUT2D eigenvalue weighted by Gasteiger charge is -2.21. The smallest absolute Gasteiger partial charge is 0.240 e. The molecule has 0 aliphatic carbocycles. The van der Waals surface area contributed by atoms with Crippen LogP contribution in [0, 0.1) is 6.92 Å². The van der Waals surface area contributed by atoms with Crippen LogP contribution in [0.4, 0.5) is 5.69 Å². The number of rotatable bonds is 6. The third-order valence-corrected chi connectivity index (χ3v) is 3.62. The summed E-state index contributed by atoms with van der Waals surface area (Å²) in [5.41, 5.74) is 2.80. The van der Waals surface area contributed by atoms with E-state index in [1.165, 1.54) is 11.8 Å². The number of nitrogens with one attached hydrogen (secondary N) is 1. The molecular weight excluding hydrogens is 304 g/mol. The van der Waals surface area contributed by atoms with Gasteiger partial charge in [0.1, 0.15) is 12.3 Å². The highest BCUT2D eigenvalue weighted by molar-refractivity contribution is 5.97.